The van der Waals surface area contributed by atoms with Crippen LogP contribution in [0.3, 0.4) is 0 Å². The smallest absolute Gasteiger partial charge is 0.246 e. The van der Waals surface area contributed by atoms with Crippen LogP contribution in [0.2, 0.25) is 0 Å². The van der Waals surface area contributed by atoms with Crippen LogP contribution in [0.1, 0.15) is 25.7 Å². The maximum Gasteiger partial charge on any atom is 0.246 e. The molecule has 2 rings (SSSR count). The lowest BCUT2D eigenvalue weighted by molar-refractivity contribution is -0.191. The standard InChI is InChI=1S/C13H21NO4/c1-2-7-14-12(15)10-16-11-3-5-13(6-4-11)17-8-9-18-13/h2,11H,1,3-10H2,(H,14,15). The third kappa shape index (κ3) is 3.54. The maximum atomic E-state index is 11.4. The Labute approximate surface area is 107 Å². The molecular weight excluding hydrogens is 234 g/mol. The highest BCUT2D eigenvalue weighted by atomic mass is 16.7. The first kappa shape index (κ1) is 13.5. The summed E-state index contributed by atoms with van der Waals surface area (Å²) in [6, 6.07) is 0. The number of nitrogens with one attached hydrogen (secondary N) is 1. The fourth-order valence-corrected chi connectivity index (χ4v) is 2.41. The Morgan fingerprint density at radius 3 is 2.67 bits per heavy atom. The van der Waals surface area contributed by atoms with Gasteiger partial charge < -0.3 is 19.5 Å². The Morgan fingerprint density at radius 2 is 2.06 bits per heavy atom. The van der Waals surface area contributed by atoms with Crippen molar-refractivity contribution in [1.82, 2.24) is 5.32 Å². The van der Waals surface area contributed by atoms with Gasteiger partial charge in [-0.1, -0.05) is 6.08 Å². The topological polar surface area (TPSA) is 56.8 Å². The largest absolute Gasteiger partial charge is 0.368 e. The van der Waals surface area contributed by atoms with Gasteiger partial charge in [0.2, 0.25) is 5.91 Å². The van der Waals surface area contributed by atoms with Gasteiger partial charge >= 0.3 is 0 Å². The van der Waals surface area contributed by atoms with Crippen LogP contribution in [0.4, 0.5) is 0 Å². The van der Waals surface area contributed by atoms with Crippen molar-refractivity contribution < 1.29 is 19.0 Å². The summed E-state index contributed by atoms with van der Waals surface area (Å²) in [5, 5.41) is 2.69. The summed E-state index contributed by atoms with van der Waals surface area (Å²) < 4.78 is 16.9. The number of hydrogen-bond donors (Lipinski definition) is 1. The summed E-state index contributed by atoms with van der Waals surface area (Å²) in [4.78, 5) is 11.4. The Kier molecular flexibility index (Phi) is 4.74. The molecule has 18 heavy (non-hydrogen) atoms. The first-order chi connectivity index (χ1) is 8.74. The molecular formula is C13H21NO4. The molecule has 0 bridgehead atoms. The summed E-state index contributed by atoms with van der Waals surface area (Å²) in [5.41, 5.74) is 0. The van der Waals surface area contributed by atoms with Crippen LogP contribution in [-0.4, -0.2) is 44.2 Å². The second-order valence-electron chi connectivity index (χ2n) is 4.71. The number of carbonyl (C=O) groups is 1. The van der Waals surface area contributed by atoms with Crippen LogP contribution < -0.4 is 5.32 Å². The van der Waals surface area contributed by atoms with Gasteiger partial charge in [0, 0.05) is 19.4 Å². The van der Waals surface area contributed by atoms with E-state index in [0.717, 1.165) is 25.7 Å². The molecule has 1 N–H and O–H groups in total. The van der Waals surface area contributed by atoms with Crippen LogP contribution in [-0.2, 0) is 19.0 Å². The summed E-state index contributed by atoms with van der Waals surface area (Å²) >= 11 is 0. The highest BCUT2D eigenvalue weighted by Gasteiger charge is 2.40. The zero-order chi connectivity index (χ0) is 12.8. The number of ether oxygens (including phenoxy) is 3. The fourth-order valence-electron chi connectivity index (χ4n) is 2.41. The molecule has 1 amide bonds. The van der Waals surface area contributed by atoms with E-state index in [1.54, 1.807) is 6.08 Å². The van der Waals surface area contributed by atoms with Gasteiger partial charge in [-0.2, -0.15) is 0 Å². The van der Waals surface area contributed by atoms with Crippen LogP contribution in [0.5, 0.6) is 0 Å². The fraction of sp³-hybridized carbons (Fsp3) is 0.769. The molecule has 1 heterocycles. The lowest BCUT2D eigenvalue weighted by atomic mass is 9.92. The van der Waals surface area contributed by atoms with Crippen molar-refractivity contribution in [2.75, 3.05) is 26.4 Å². The van der Waals surface area contributed by atoms with Crippen molar-refractivity contribution in [1.29, 1.82) is 0 Å². The normalized spacial score (nSPS) is 23.1. The Morgan fingerprint density at radius 1 is 1.39 bits per heavy atom. The van der Waals surface area contributed by atoms with Gasteiger partial charge in [0.25, 0.3) is 0 Å². The van der Waals surface area contributed by atoms with Crippen LogP contribution >= 0.6 is 0 Å². The monoisotopic (exact) mass is 255 g/mol. The van der Waals surface area contributed by atoms with Gasteiger partial charge in [-0.3, -0.25) is 4.79 Å². The minimum atomic E-state index is -0.356. The van der Waals surface area contributed by atoms with E-state index in [2.05, 4.69) is 11.9 Å². The second kappa shape index (κ2) is 6.31. The van der Waals surface area contributed by atoms with Crippen molar-refractivity contribution in [3.63, 3.8) is 0 Å². The van der Waals surface area contributed by atoms with Crippen molar-refractivity contribution in [2.45, 2.75) is 37.6 Å². The van der Waals surface area contributed by atoms with Gasteiger partial charge in [-0.15, -0.1) is 6.58 Å². The highest BCUT2D eigenvalue weighted by Crippen LogP contribution is 2.36. The molecule has 1 saturated heterocycles. The Hall–Kier alpha value is -0.910. The van der Waals surface area contributed by atoms with Crippen molar-refractivity contribution in [2.24, 2.45) is 0 Å². The van der Waals surface area contributed by atoms with Gasteiger partial charge in [0.05, 0.1) is 19.3 Å². The van der Waals surface area contributed by atoms with Gasteiger partial charge in [0.15, 0.2) is 5.79 Å². The molecule has 0 unspecified atom stereocenters. The molecule has 0 aromatic carbocycles. The van der Waals surface area contributed by atoms with Gasteiger partial charge in [0.1, 0.15) is 6.61 Å². The molecule has 102 valence electrons. The van der Waals surface area contributed by atoms with Crippen molar-refractivity contribution in [3.05, 3.63) is 12.7 Å². The average molecular weight is 255 g/mol. The van der Waals surface area contributed by atoms with Crippen LogP contribution in [0, 0.1) is 0 Å². The molecule has 1 spiro atoms. The first-order valence-corrected chi connectivity index (χ1v) is 6.51. The average Bonchev–Trinajstić information content (AvgIpc) is 2.84. The number of amides is 1. The molecule has 1 aliphatic heterocycles. The minimum absolute atomic E-state index is 0.0939. The van der Waals surface area contributed by atoms with Crippen LogP contribution in [0.25, 0.3) is 0 Å². The Bertz CT molecular complexity index is 289. The zero-order valence-electron chi connectivity index (χ0n) is 10.7. The van der Waals surface area contributed by atoms with E-state index in [-0.39, 0.29) is 24.4 Å². The van der Waals surface area contributed by atoms with E-state index in [1.807, 2.05) is 0 Å². The molecule has 0 aromatic heterocycles. The summed E-state index contributed by atoms with van der Waals surface area (Å²) in [5.74, 6) is -0.450. The van der Waals surface area contributed by atoms with Crippen molar-refractivity contribution >= 4 is 5.91 Å². The van der Waals surface area contributed by atoms with E-state index in [9.17, 15) is 4.79 Å². The third-order valence-corrected chi connectivity index (χ3v) is 3.40. The summed E-state index contributed by atoms with van der Waals surface area (Å²) in [6.07, 6.45) is 5.26. The van der Waals surface area contributed by atoms with E-state index in [4.69, 9.17) is 14.2 Å². The lowest BCUT2D eigenvalue weighted by Gasteiger charge is -2.35. The van der Waals surface area contributed by atoms with Gasteiger partial charge in [-0.05, 0) is 12.8 Å². The van der Waals surface area contributed by atoms with E-state index in [1.165, 1.54) is 0 Å². The van der Waals surface area contributed by atoms with E-state index < -0.39 is 0 Å². The number of rotatable bonds is 5. The minimum Gasteiger partial charge on any atom is -0.368 e. The second-order valence-corrected chi connectivity index (χ2v) is 4.71. The molecule has 1 aliphatic carbocycles. The lowest BCUT2D eigenvalue weighted by Crippen LogP contribution is -2.38. The quantitative estimate of drug-likeness (QED) is 0.744. The number of hydrogen-bond acceptors (Lipinski definition) is 4. The number of carbonyl (C=O) groups excluding carboxylic acids is 1. The summed E-state index contributed by atoms with van der Waals surface area (Å²) in [7, 11) is 0. The molecule has 0 aromatic rings. The Balaban J connectivity index is 1.64. The zero-order valence-corrected chi connectivity index (χ0v) is 10.7. The molecule has 2 aliphatic rings. The van der Waals surface area contributed by atoms with E-state index in [0.29, 0.717) is 19.8 Å². The van der Waals surface area contributed by atoms with Crippen LogP contribution in [0.15, 0.2) is 12.7 Å². The van der Waals surface area contributed by atoms with Gasteiger partial charge in [-0.25, -0.2) is 0 Å². The molecule has 2 fully saturated rings. The third-order valence-electron chi connectivity index (χ3n) is 3.40. The molecule has 1 saturated carbocycles. The SMILES string of the molecule is C=CCNC(=O)COC1CCC2(CC1)OCCO2. The summed E-state index contributed by atoms with van der Waals surface area (Å²) in [6.45, 7) is 5.52. The van der Waals surface area contributed by atoms with E-state index >= 15 is 0 Å². The predicted molar refractivity (Wildman–Crippen MR) is 66.0 cm³/mol. The maximum absolute atomic E-state index is 11.4. The molecule has 0 atom stereocenters. The highest BCUT2D eigenvalue weighted by molar-refractivity contribution is 5.77. The predicted octanol–water partition coefficient (Wildman–Crippen LogP) is 0.991. The molecule has 5 nitrogen and oxygen atoms in total. The first-order valence-electron chi connectivity index (χ1n) is 6.51. The van der Waals surface area contributed by atoms with Crippen molar-refractivity contribution in [3.8, 4) is 0 Å². The molecule has 0 radical (unpaired) electrons. The molecule has 5 heteroatoms.